The predicted molar refractivity (Wildman–Crippen MR) is 173 cm³/mol. The van der Waals surface area contributed by atoms with E-state index in [9.17, 15) is 13.2 Å². The molecule has 5 rings (SSSR count). The molecule has 0 aliphatic carbocycles. The molecule has 1 aromatic heterocycles. The Morgan fingerprint density at radius 3 is 2.60 bits per heavy atom. The normalized spacial score (nSPS) is 15.4. The van der Waals surface area contributed by atoms with Crippen molar-refractivity contribution in [1.29, 1.82) is 0 Å². The number of nitrogens with one attached hydrogen (secondary N) is 1. The Bertz CT molecular complexity index is 1810. The standard InChI is InChI=1S/C33H40N6O5S/c1-6-39(35)26-14-13-25(22(3)31(26)34)30(33(4,5)37-32(40)28-15-16-36-44-28)23-12-11-21(2)24(19-23)20-38-17-18-43-27-9-7-8-10-29(27)45(38,41)42/h7-16,19,30H,6,17-18,20,34-35H2,1-5H3,(H,37,40)/t30-/m0/s1. The molecular formula is C33H40N6O5S. The quantitative estimate of drug-likeness (QED) is 0.137. The molecule has 45 heavy (non-hydrogen) atoms. The topological polar surface area (TPSA) is 157 Å². The van der Waals surface area contributed by atoms with E-state index in [0.29, 0.717) is 23.7 Å². The maximum absolute atomic E-state index is 13.7. The third-order valence-corrected chi connectivity index (χ3v) is 10.3. The van der Waals surface area contributed by atoms with Gasteiger partial charge in [-0.1, -0.05) is 41.6 Å². The number of hydrazine groups is 1. The van der Waals surface area contributed by atoms with Crippen LogP contribution in [0, 0.1) is 13.8 Å². The van der Waals surface area contributed by atoms with E-state index in [1.807, 2.05) is 65.0 Å². The van der Waals surface area contributed by atoms with Crippen molar-refractivity contribution in [3.8, 4) is 5.75 Å². The number of nitrogens with zero attached hydrogens (tertiary/aromatic N) is 3. The Labute approximate surface area is 264 Å². The van der Waals surface area contributed by atoms with Crippen molar-refractivity contribution in [3.05, 3.63) is 100 Å². The molecule has 2 heterocycles. The number of aryl methyl sites for hydroxylation is 1. The molecule has 0 saturated carbocycles. The highest BCUT2D eigenvalue weighted by atomic mass is 32.2. The van der Waals surface area contributed by atoms with Gasteiger partial charge in [-0.3, -0.25) is 4.79 Å². The average molecular weight is 633 g/mol. The molecule has 238 valence electrons. The number of anilines is 2. The minimum atomic E-state index is -3.81. The molecule has 0 saturated heterocycles. The molecule has 0 unspecified atom stereocenters. The number of carbonyl (C=O) groups excluding carboxylic acids is 1. The van der Waals surface area contributed by atoms with Crippen LogP contribution in [-0.2, 0) is 16.6 Å². The van der Waals surface area contributed by atoms with Gasteiger partial charge in [0.25, 0.3) is 5.91 Å². The van der Waals surface area contributed by atoms with E-state index < -0.39 is 27.4 Å². The van der Waals surface area contributed by atoms with Gasteiger partial charge >= 0.3 is 0 Å². The number of aromatic nitrogens is 1. The van der Waals surface area contributed by atoms with Gasteiger partial charge in [-0.2, -0.15) is 4.31 Å². The van der Waals surface area contributed by atoms with Crippen LogP contribution in [0.2, 0.25) is 0 Å². The number of sulfonamides is 1. The summed E-state index contributed by atoms with van der Waals surface area (Å²) in [7, 11) is -3.81. The number of amides is 1. The molecule has 0 radical (unpaired) electrons. The number of carbonyl (C=O) groups is 1. The van der Waals surface area contributed by atoms with E-state index in [-0.39, 0.29) is 30.4 Å². The summed E-state index contributed by atoms with van der Waals surface area (Å²) >= 11 is 0. The minimum absolute atomic E-state index is 0.0913. The molecule has 11 nitrogen and oxygen atoms in total. The fourth-order valence-electron chi connectivity index (χ4n) is 5.90. The number of hydrogen-bond donors (Lipinski definition) is 3. The van der Waals surface area contributed by atoms with E-state index in [0.717, 1.165) is 27.8 Å². The van der Waals surface area contributed by atoms with Crippen molar-refractivity contribution in [1.82, 2.24) is 14.8 Å². The second-order valence-corrected chi connectivity index (χ2v) is 13.7. The van der Waals surface area contributed by atoms with Gasteiger partial charge in [0.15, 0.2) is 0 Å². The first-order valence-corrected chi connectivity index (χ1v) is 16.2. The summed E-state index contributed by atoms with van der Waals surface area (Å²) in [6.45, 7) is 10.9. The Morgan fingerprint density at radius 2 is 1.89 bits per heavy atom. The van der Waals surface area contributed by atoms with Gasteiger partial charge in [-0.15, -0.1) is 0 Å². The molecular weight excluding hydrogens is 592 g/mol. The van der Waals surface area contributed by atoms with E-state index in [2.05, 4.69) is 10.5 Å². The van der Waals surface area contributed by atoms with Crippen molar-refractivity contribution in [3.63, 3.8) is 0 Å². The van der Waals surface area contributed by atoms with Gasteiger partial charge in [0.2, 0.25) is 15.8 Å². The number of rotatable bonds is 9. The third-order valence-electron chi connectivity index (χ3n) is 8.43. The summed E-state index contributed by atoms with van der Waals surface area (Å²) in [5, 5.41) is 8.39. The van der Waals surface area contributed by atoms with Crippen molar-refractivity contribution in [2.24, 2.45) is 5.84 Å². The fourth-order valence-corrected chi connectivity index (χ4v) is 7.44. The molecule has 1 aliphatic heterocycles. The van der Waals surface area contributed by atoms with Crippen LogP contribution in [0.4, 0.5) is 11.4 Å². The van der Waals surface area contributed by atoms with Crippen LogP contribution in [0.5, 0.6) is 5.75 Å². The zero-order chi connectivity index (χ0) is 32.5. The number of para-hydroxylation sites is 1. The zero-order valence-electron chi connectivity index (χ0n) is 26.2. The average Bonchev–Trinajstić information content (AvgIpc) is 3.52. The lowest BCUT2D eigenvalue weighted by Gasteiger charge is -2.37. The molecule has 1 amide bonds. The molecule has 12 heteroatoms. The highest BCUT2D eigenvalue weighted by Gasteiger charge is 2.37. The SMILES string of the molecule is CCN(N)c1ccc([C@H](c2ccc(C)c(CN3CCOc4ccccc4S3(=O)=O)c2)C(C)(C)NC(=O)c2ccno2)c(C)c1N. The molecule has 4 aromatic rings. The van der Waals surface area contributed by atoms with Crippen LogP contribution >= 0.6 is 0 Å². The first-order chi connectivity index (χ1) is 21.3. The molecule has 1 aliphatic rings. The summed E-state index contributed by atoms with van der Waals surface area (Å²) in [6, 6.07) is 18.1. The number of hydrogen-bond acceptors (Lipinski definition) is 9. The number of fused-ring (bicyclic) bond motifs is 1. The van der Waals surface area contributed by atoms with Crippen molar-refractivity contribution in [2.75, 3.05) is 30.4 Å². The Morgan fingerprint density at radius 1 is 1.13 bits per heavy atom. The third kappa shape index (κ3) is 6.26. The second-order valence-electron chi connectivity index (χ2n) is 11.8. The summed E-state index contributed by atoms with van der Waals surface area (Å²) in [6.07, 6.45) is 1.42. The monoisotopic (exact) mass is 632 g/mol. The summed E-state index contributed by atoms with van der Waals surface area (Å²) in [4.78, 5) is 13.4. The van der Waals surface area contributed by atoms with Crippen LogP contribution < -0.4 is 26.6 Å². The summed E-state index contributed by atoms with van der Waals surface area (Å²) in [5.41, 5.74) is 11.4. The molecule has 1 atom stereocenters. The van der Waals surface area contributed by atoms with Crippen LogP contribution in [-0.4, -0.2) is 49.0 Å². The fraction of sp³-hybridized carbons (Fsp3) is 0.333. The number of nitrogens with two attached hydrogens (primary N) is 2. The van der Waals surface area contributed by atoms with Gasteiger partial charge in [0.05, 0.1) is 17.6 Å². The largest absolute Gasteiger partial charge is 0.491 e. The van der Waals surface area contributed by atoms with Gasteiger partial charge in [-0.25, -0.2) is 14.3 Å². The van der Waals surface area contributed by atoms with Gasteiger partial charge < -0.3 is 25.3 Å². The Kier molecular flexibility index (Phi) is 8.92. The lowest BCUT2D eigenvalue weighted by molar-refractivity contribution is 0.0868. The molecule has 0 fully saturated rings. The number of nitrogen functional groups attached to an aromatic ring is 1. The van der Waals surface area contributed by atoms with Gasteiger partial charge in [0.1, 0.15) is 17.3 Å². The number of ether oxygens (including phenoxy) is 1. The van der Waals surface area contributed by atoms with Crippen LogP contribution in [0.3, 0.4) is 0 Å². The van der Waals surface area contributed by atoms with Crippen molar-refractivity contribution in [2.45, 2.75) is 57.5 Å². The lowest BCUT2D eigenvalue weighted by Crippen LogP contribution is -2.48. The Hall–Kier alpha value is -4.39. The lowest BCUT2D eigenvalue weighted by atomic mass is 9.74. The van der Waals surface area contributed by atoms with Crippen molar-refractivity contribution >= 4 is 27.3 Å². The van der Waals surface area contributed by atoms with Crippen LogP contribution in [0.15, 0.2) is 76.3 Å². The Balaban J connectivity index is 1.59. The van der Waals surface area contributed by atoms with Gasteiger partial charge in [-0.05, 0) is 80.6 Å². The minimum Gasteiger partial charge on any atom is -0.491 e. The van der Waals surface area contributed by atoms with E-state index >= 15 is 0 Å². The van der Waals surface area contributed by atoms with Crippen LogP contribution in [0.1, 0.15) is 65.1 Å². The molecule has 0 spiro atoms. The van der Waals surface area contributed by atoms with E-state index in [1.165, 1.54) is 16.6 Å². The molecule has 3 aromatic carbocycles. The van der Waals surface area contributed by atoms with Crippen LogP contribution in [0.25, 0.3) is 0 Å². The highest BCUT2D eigenvalue weighted by molar-refractivity contribution is 7.89. The van der Waals surface area contributed by atoms with E-state index in [1.54, 1.807) is 29.3 Å². The maximum Gasteiger partial charge on any atom is 0.290 e. The predicted octanol–water partition coefficient (Wildman–Crippen LogP) is 4.50. The molecule has 0 bridgehead atoms. The smallest absolute Gasteiger partial charge is 0.290 e. The van der Waals surface area contributed by atoms with Gasteiger partial charge in [0, 0.05) is 37.2 Å². The first-order valence-electron chi connectivity index (χ1n) is 14.8. The second kappa shape index (κ2) is 12.5. The van der Waals surface area contributed by atoms with E-state index in [4.69, 9.17) is 20.8 Å². The summed E-state index contributed by atoms with van der Waals surface area (Å²) in [5.74, 6) is 5.84. The first kappa shape index (κ1) is 32.0. The van der Waals surface area contributed by atoms with Crippen molar-refractivity contribution < 1.29 is 22.5 Å². The summed E-state index contributed by atoms with van der Waals surface area (Å²) < 4.78 is 39.8. The molecule has 5 N–H and O–H groups in total. The number of benzene rings is 3. The zero-order valence-corrected chi connectivity index (χ0v) is 27.0. The highest BCUT2D eigenvalue weighted by Crippen LogP contribution is 2.41. The maximum atomic E-state index is 13.7.